The number of hydrogen-bond donors (Lipinski definition) is 0. The van der Waals surface area contributed by atoms with E-state index >= 15 is 0 Å². The minimum atomic E-state index is -0.0523. The first-order chi connectivity index (χ1) is 16.6. The molecule has 0 aliphatic heterocycles. The number of oxazole rings is 1. The summed E-state index contributed by atoms with van der Waals surface area (Å²) in [4.78, 5) is 22.9. The largest absolute Gasteiger partial charge is 0.496 e. The summed E-state index contributed by atoms with van der Waals surface area (Å²) in [5, 5.41) is 1.26. The molecule has 7 heteroatoms. The van der Waals surface area contributed by atoms with Crippen LogP contribution in [0.25, 0.3) is 22.4 Å². The minimum absolute atomic E-state index is 0.0523. The zero-order valence-corrected chi connectivity index (χ0v) is 19.7. The van der Waals surface area contributed by atoms with Crippen LogP contribution in [0.2, 0.25) is 0 Å². The van der Waals surface area contributed by atoms with Crippen LogP contribution in [0.15, 0.2) is 93.2 Å². The zero-order chi connectivity index (χ0) is 23.5. The molecule has 0 aliphatic carbocycles. The van der Waals surface area contributed by atoms with Gasteiger partial charge in [-0.05, 0) is 36.8 Å². The molecule has 0 N–H and O–H groups in total. The number of ether oxygens (including phenoxy) is 1. The molecule has 2 aromatic heterocycles. The maximum atomic E-state index is 13.4. The summed E-state index contributed by atoms with van der Waals surface area (Å²) < 4.78 is 13.1. The molecule has 2 heterocycles. The summed E-state index contributed by atoms with van der Waals surface area (Å²) in [6, 6.07) is 25.0. The summed E-state index contributed by atoms with van der Waals surface area (Å²) in [7, 11) is 1.63. The monoisotopic (exact) mass is 469 g/mol. The van der Waals surface area contributed by atoms with Gasteiger partial charge in [0.05, 0.1) is 35.8 Å². The van der Waals surface area contributed by atoms with E-state index in [-0.39, 0.29) is 5.56 Å². The Morgan fingerprint density at radius 2 is 1.68 bits per heavy atom. The fourth-order valence-corrected chi connectivity index (χ4v) is 4.79. The molecule has 170 valence electrons. The summed E-state index contributed by atoms with van der Waals surface area (Å²) in [6.07, 6.45) is 0. The van der Waals surface area contributed by atoms with E-state index in [4.69, 9.17) is 19.1 Å². The van der Waals surface area contributed by atoms with E-state index in [0.29, 0.717) is 40.0 Å². The number of hydrogen-bond acceptors (Lipinski definition) is 6. The number of benzene rings is 3. The summed E-state index contributed by atoms with van der Waals surface area (Å²) in [5.41, 5.74) is 3.28. The SMILES string of the molecule is COc1ccccc1-c1nc(CSc2nc3ccccc3c(=O)n2Cc2ccccc2)c(C)o1. The number of para-hydroxylation sites is 2. The van der Waals surface area contributed by atoms with Crippen molar-refractivity contribution >= 4 is 22.7 Å². The van der Waals surface area contributed by atoms with Crippen LogP contribution < -0.4 is 10.3 Å². The molecule has 0 fully saturated rings. The van der Waals surface area contributed by atoms with Crippen molar-refractivity contribution in [3.8, 4) is 17.2 Å². The predicted octanol–water partition coefficient (Wildman–Crippen LogP) is 5.71. The van der Waals surface area contributed by atoms with Crippen molar-refractivity contribution in [3.05, 3.63) is 106 Å². The summed E-state index contributed by atoms with van der Waals surface area (Å²) in [5.74, 6) is 2.46. The first-order valence-electron chi connectivity index (χ1n) is 10.9. The van der Waals surface area contributed by atoms with Crippen molar-refractivity contribution < 1.29 is 9.15 Å². The molecule has 0 atom stereocenters. The van der Waals surface area contributed by atoms with Crippen molar-refractivity contribution in [3.63, 3.8) is 0 Å². The quantitative estimate of drug-likeness (QED) is 0.225. The minimum Gasteiger partial charge on any atom is -0.496 e. The van der Waals surface area contributed by atoms with Crippen molar-refractivity contribution in [1.82, 2.24) is 14.5 Å². The highest BCUT2D eigenvalue weighted by Gasteiger charge is 2.17. The first-order valence-corrected chi connectivity index (χ1v) is 11.9. The van der Waals surface area contributed by atoms with Gasteiger partial charge in [-0.2, -0.15) is 0 Å². The fraction of sp³-hybridized carbons (Fsp3) is 0.148. The molecular formula is C27H23N3O3S. The Morgan fingerprint density at radius 1 is 0.941 bits per heavy atom. The molecule has 0 aliphatic rings. The molecule has 0 bridgehead atoms. The van der Waals surface area contributed by atoms with Crippen LogP contribution in [0.5, 0.6) is 5.75 Å². The van der Waals surface area contributed by atoms with Gasteiger partial charge < -0.3 is 9.15 Å². The Labute approximate surface area is 201 Å². The second kappa shape index (κ2) is 9.57. The van der Waals surface area contributed by atoms with Crippen LogP contribution >= 0.6 is 11.8 Å². The Bertz CT molecular complexity index is 1510. The first kappa shape index (κ1) is 22.0. The van der Waals surface area contributed by atoms with E-state index in [2.05, 4.69) is 0 Å². The average Bonchev–Trinajstić information content (AvgIpc) is 3.25. The molecule has 0 spiro atoms. The van der Waals surface area contributed by atoms with Crippen LogP contribution in [0.3, 0.4) is 0 Å². The Morgan fingerprint density at radius 3 is 2.50 bits per heavy atom. The molecule has 0 amide bonds. The van der Waals surface area contributed by atoms with Gasteiger partial charge in [-0.15, -0.1) is 0 Å². The molecule has 0 saturated heterocycles. The number of rotatable bonds is 7. The van der Waals surface area contributed by atoms with Crippen molar-refractivity contribution in [2.75, 3.05) is 7.11 Å². The second-order valence-electron chi connectivity index (χ2n) is 7.80. The van der Waals surface area contributed by atoms with E-state index in [1.54, 1.807) is 11.7 Å². The van der Waals surface area contributed by atoms with Crippen LogP contribution in [0.1, 0.15) is 17.0 Å². The van der Waals surface area contributed by atoms with Crippen LogP contribution in [-0.2, 0) is 12.3 Å². The predicted molar refractivity (Wildman–Crippen MR) is 134 cm³/mol. The molecule has 6 nitrogen and oxygen atoms in total. The van der Waals surface area contributed by atoms with Crippen molar-refractivity contribution in [2.24, 2.45) is 0 Å². The van der Waals surface area contributed by atoms with Gasteiger partial charge in [-0.3, -0.25) is 9.36 Å². The van der Waals surface area contributed by atoms with Gasteiger partial charge in [-0.1, -0.05) is 66.4 Å². The van der Waals surface area contributed by atoms with E-state index in [0.717, 1.165) is 22.6 Å². The van der Waals surface area contributed by atoms with Gasteiger partial charge in [0.25, 0.3) is 5.56 Å². The highest BCUT2D eigenvalue weighted by atomic mass is 32.2. The van der Waals surface area contributed by atoms with E-state index in [1.807, 2.05) is 85.8 Å². The van der Waals surface area contributed by atoms with Gasteiger partial charge in [0.15, 0.2) is 5.16 Å². The maximum Gasteiger partial charge on any atom is 0.262 e. The Kier molecular flexibility index (Phi) is 6.18. The lowest BCUT2D eigenvalue weighted by atomic mass is 10.2. The number of thioether (sulfide) groups is 1. The van der Waals surface area contributed by atoms with E-state index < -0.39 is 0 Å². The molecule has 5 rings (SSSR count). The van der Waals surface area contributed by atoms with Crippen LogP contribution in [-0.4, -0.2) is 21.6 Å². The molecule has 0 radical (unpaired) electrons. The van der Waals surface area contributed by atoms with Crippen LogP contribution in [0.4, 0.5) is 0 Å². The van der Waals surface area contributed by atoms with Gasteiger partial charge in [0.2, 0.25) is 5.89 Å². The smallest absolute Gasteiger partial charge is 0.262 e. The lowest BCUT2D eigenvalue weighted by molar-refractivity contribution is 0.414. The summed E-state index contributed by atoms with van der Waals surface area (Å²) >= 11 is 1.48. The van der Waals surface area contributed by atoms with Gasteiger partial charge in [-0.25, -0.2) is 9.97 Å². The molecule has 0 saturated carbocycles. The topological polar surface area (TPSA) is 70.2 Å². The molecule has 3 aromatic carbocycles. The number of aryl methyl sites for hydroxylation is 1. The van der Waals surface area contributed by atoms with Gasteiger partial charge >= 0.3 is 0 Å². The van der Waals surface area contributed by atoms with E-state index in [9.17, 15) is 4.79 Å². The summed E-state index contributed by atoms with van der Waals surface area (Å²) in [6.45, 7) is 2.34. The standard InChI is InChI=1S/C27H23N3O3S/c1-18-23(28-25(33-18)21-13-7-9-15-24(21)32-2)17-34-27-29-22-14-8-6-12-20(22)26(31)30(27)16-19-10-4-3-5-11-19/h3-15H,16-17H2,1-2H3. The third kappa shape index (κ3) is 4.34. The third-order valence-corrected chi connectivity index (χ3v) is 6.57. The van der Waals surface area contributed by atoms with E-state index in [1.165, 1.54) is 11.8 Å². The molecule has 34 heavy (non-hydrogen) atoms. The number of fused-ring (bicyclic) bond motifs is 1. The van der Waals surface area contributed by atoms with Crippen molar-refractivity contribution in [1.29, 1.82) is 0 Å². The molecule has 5 aromatic rings. The normalized spacial score (nSPS) is 11.1. The lowest BCUT2D eigenvalue weighted by Gasteiger charge is -2.13. The fourth-order valence-electron chi connectivity index (χ4n) is 3.79. The zero-order valence-electron chi connectivity index (χ0n) is 18.9. The Balaban J connectivity index is 1.49. The third-order valence-electron chi connectivity index (χ3n) is 5.58. The highest BCUT2D eigenvalue weighted by Crippen LogP contribution is 2.32. The second-order valence-corrected chi connectivity index (χ2v) is 8.74. The van der Waals surface area contributed by atoms with Crippen LogP contribution in [0, 0.1) is 6.92 Å². The lowest BCUT2D eigenvalue weighted by Crippen LogP contribution is -2.24. The Hall–Kier alpha value is -3.84. The van der Waals surface area contributed by atoms with Gasteiger partial charge in [0.1, 0.15) is 11.5 Å². The molecular weight excluding hydrogens is 446 g/mol. The maximum absolute atomic E-state index is 13.4. The van der Waals surface area contributed by atoms with Gasteiger partial charge in [0, 0.05) is 5.75 Å². The number of nitrogens with zero attached hydrogens (tertiary/aromatic N) is 3. The number of aromatic nitrogens is 3. The highest BCUT2D eigenvalue weighted by molar-refractivity contribution is 7.98. The van der Waals surface area contributed by atoms with Crippen molar-refractivity contribution in [2.45, 2.75) is 24.4 Å². The molecule has 0 unspecified atom stereocenters. The average molecular weight is 470 g/mol. The number of methoxy groups -OCH3 is 1.